The summed E-state index contributed by atoms with van der Waals surface area (Å²) in [6, 6.07) is 17.0. The number of esters is 2. The van der Waals surface area contributed by atoms with E-state index in [1.165, 1.54) is 45.9 Å². The number of carbonyl (C=O) groups is 6. The minimum Gasteiger partial charge on any atom is -0.478 e. The maximum atomic E-state index is 13.3. The van der Waals surface area contributed by atoms with E-state index in [4.69, 9.17) is 28.4 Å². The number of alkyl halides is 6. The number of carbonyl (C=O) groups excluding carboxylic acids is 5. The third-order valence-corrected chi connectivity index (χ3v) is 13.6. The standard InChI is InChI=1S/C20H19F3N4O5S.C14H16N2O3.C7H7F3N2O2S.C7H7NO2.C6H12ClNO/c1-4-32-17(30)13-14(20(21,22)23)25-18(33-13)26-15(28)12(9(2)3)27-16(29)10-7-5-6-8-11(10)24-19(27)31;1-8(2)12(9(3)17)16-13(18)10-6-4-5-7-11(10)15-14(16)19;1-2-14-5(13)3-4(7(8,9)10)12-6(11)15-3;8-6-4-2-1-3-5(6)7(9)10;1-4(2)6(8-7)5(3)9/h5-9,12H,4H2,1-3H3,(H,24,31)(H,25,26,28);4-8,12H,1-3H3,(H,15,19);2H2,1H3,(H2,11,12);1-4H,8H2,(H,9,10);4,6,8H,1-3H3/t2*12-;;;6-/m00..0/s1. The van der Waals surface area contributed by atoms with Crippen molar-refractivity contribution in [1.82, 2.24) is 33.9 Å². The monoisotopic (exact) mass is 1270 g/mol. The average molecular weight is 1270 g/mol. The summed E-state index contributed by atoms with van der Waals surface area (Å²) in [4.78, 5) is 131. The molecular weight excluding hydrogens is 1210 g/mol. The van der Waals surface area contributed by atoms with Crippen LogP contribution in [0.25, 0.3) is 21.8 Å². The molecule has 3 aromatic carbocycles. The number of anilines is 3. The van der Waals surface area contributed by atoms with Gasteiger partial charge < -0.3 is 41.3 Å². The van der Waals surface area contributed by atoms with Crippen molar-refractivity contribution in [2.45, 2.75) is 99.7 Å². The Labute approximate surface area is 497 Å². The van der Waals surface area contributed by atoms with Gasteiger partial charge in [-0.15, -0.1) is 0 Å². The molecule has 3 atom stereocenters. The van der Waals surface area contributed by atoms with Gasteiger partial charge in [-0.1, -0.05) is 101 Å². The summed E-state index contributed by atoms with van der Waals surface area (Å²) >= 11 is 6.04. The number of aromatic nitrogens is 6. The highest BCUT2D eigenvalue weighted by molar-refractivity contribution is 7.18. The number of nitrogen functional groups attached to an aromatic ring is 2. The molecule has 466 valence electrons. The number of carboxylic acid groups (broad SMARTS) is 1. The van der Waals surface area contributed by atoms with Crippen molar-refractivity contribution in [2.24, 2.45) is 17.8 Å². The lowest BCUT2D eigenvalue weighted by Crippen LogP contribution is -2.44. The third kappa shape index (κ3) is 19.0. The number of benzene rings is 3. The number of para-hydroxylation sites is 3. The molecule has 0 unspecified atom stereocenters. The smallest absolute Gasteiger partial charge is 0.435 e. The molecule has 7 aromatic rings. The van der Waals surface area contributed by atoms with Crippen LogP contribution in [0.3, 0.4) is 0 Å². The summed E-state index contributed by atoms with van der Waals surface area (Å²) in [6.07, 6.45) is -9.67. The predicted molar refractivity (Wildman–Crippen MR) is 311 cm³/mol. The van der Waals surface area contributed by atoms with Crippen LogP contribution in [-0.2, 0) is 36.2 Å². The highest BCUT2D eigenvalue weighted by Gasteiger charge is 2.42. The Morgan fingerprint density at radius 3 is 1.42 bits per heavy atom. The van der Waals surface area contributed by atoms with E-state index in [-0.39, 0.29) is 75.6 Å². The van der Waals surface area contributed by atoms with E-state index in [1.807, 2.05) is 27.7 Å². The van der Waals surface area contributed by atoms with Gasteiger partial charge in [-0.3, -0.25) is 24.0 Å². The zero-order chi connectivity index (χ0) is 65.3. The van der Waals surface area contributed by atoms with Crippen molar-refractivity contribution in [3.63, 3.8) is 0 Å². The zero-order valence-corrected chi connectivity index (χ0v) is 49.9. The van der Waals surface area contributed by atoms with E-state index in [0.29, 0.717) is 32.5 Å². The second kappa shape index (κ2) is 31.5. The van der Waals surface area contributed by atoms with Crippen LogP contribution in [0.1, 0.15) is 122 Å². The first-order valence-electron chi connectivity index (χ1n) is 25.5. The van der Waals surface area contributed by atoms with Gasteiger partial charge in [0, 0.05) is 5.69 Å². The molecule has 0 fully saturated rings. The van der Waals surface area contributed by atoms with Crippen molar-refractivity contribution in [3.8, 4) is 0 Å². The Morgan fingerprint density at radius 2 is 1.06 bits per heavy atom. The molecular formula is C54H61ClF6N10O13S2. The molecule has 0 aliphatic heterocycles. The maximum Gasteiger partial charge on any atom is 0.435 e. The van der Waals surface area contributed by atoms with Crippen molar-refractivity contribution >= 4 is 108 Å². The summed E-state index contributed by atoms with van der Waals surface area (Å²) in [5.74, 6) is -4.79. The fourth-order valence-electron chi connectivity index (χ4n) is 7.83. The molecule has 0 bridgehead atoms. The number of ether oxygens (including phenoxy) is 2. The largest absolute Gasteiger partial charge is 0.478 e. The SMILES string of the molecule is CC(=O)[C@@H](NCl)C(C)C.CC(=O)[C@H](C(C)C)n1c(=O)[nH]c2ccccc2c1=O.CCOC(=O)c1sc(N)nc1C(F)(F)F.CCOC(=O)c1sc(NC(=O)[C@H](C(C)C)n2c(=O)[nH]c3ccccc3c2=O)nc1C(F)(F)F.Nc1ccccc1C(=O)O. The summed E-state index contributed by atoms with van der Waals surface area (Å²) in [7, 11) is 0. The van der Waals surface area contributed by atoms with E-state index in [1.54, 1.807) is 68.4 Å². The van der Waals surface area contributed by atoms with Gasteiger partial charge in [0.25, 0.3) is 11.1 Å². The Kier molecular flexibility index (Phi) is 26.3. The Bertz CT molecular complexity index is 3800. The van der Waals surface area contributed by atoms with Gasteiger partial charge in [-0.25, -0.2) is 47.9 Å². The molecule has 0 saturated carbocycles. The number of H-pyrrole nitrogens is 2. The summed E-state index contributed by atoms with van der Waals surface area (Å²) in [5.41, 5.74) is 6.34. The van der Waals surface area contributed by atoms with Crippen LogP contribution in [0.5, 0.6) is 0 Å². The summed E-state index contributed by atoms with van der Waals surface area (Å²) in [6.45, 7) is 16.3. The van der Waals surface area contributed by atoms with Crippen LogP contribution in [0.2, 0.25) is 0 Å². The zero-order valence-electron chi connectivity index (χ0n) is 47.6. The van der Waals surface area contributed by atoms with E-state index in [0.717, 1.165) is 4.57 Å². The Hall–Kier alpha value is -8.55. The fourth-order valence-corrected chi connectivity index (χ4v) is 9.87. The van der Waals surface area contributed by atoms with Crippen LogP contribution >= 0.6 is 34.5 Å². The molecule has 0 aliphatic carbocycles. The first-order valence-corrected chi connectivity index (χ1v) is 27.5. The third-order valence-electron chi connectivity index (χ3n) is 11.6. The van der Waals surface area contributed by atoms with Gasteiger partial charge in [0.2, 0.25) is 5.91 Å². The molecule has 0 spiro atoms. The summed E-state index contributed by atoms with van der Waals surface area (Å²) < 4.78 is 87.9. The normalized spacial score (nSPS) is 12.2. The molecule has 4 aromatic heterocycles. The van der Waals surface area contributed by atoms with Crippen molar-refractivity contribution in [1.29, 1.82) is 0 Å². The first kappa shape index (κ1) is 71.7. The number of nitrogens with one attached hydrogen (secondary N) is 4. The van der Waals surface area contributed by atoms with E-state index >= 15 is 0 Å². The maximum absolute atomic E-state index is 13.3. The van der Waals surface area contributed by atoms with Gasteiger partial charge in [0.05, 0.1) is 46.6 Å². The van der Waals surface area contributed by atoms with E-state index < -0.39 is 103 Å². The average Bonchev–Trinajstić information content (AvgIpc) is 1.34. The molecule has 0 saturated heterocycles. The molecule has 23 nitrogen and oxygen atoms in total. The number of ketones is 2. The number of Topliss-reactive ketones (excluding diaryl/α,β-unsaturated/α-hetero) is 2. The lowest BCUT2D eigenvalue weighted by atomic mass is 10.0. The lowest BCUT2D eigenvalue weighted by Gasteiger charge is -2.21. The number of amides is 1. The lowest BCUT2D eigenvalue weighted by molar-refractivity contribution is -0.141. The van der Waals surface area contributed by atoms with Gasteiger partial charge in [-0.2, -0.15) is 26.3 Å². The van der Waals surface area contributed by atoms with Gasteiger partial charge in [0.1, 0.15) is 27.6 Å². The number of thiazole rings is 2. The van der Waals surface area contributed by atoms with E-state index in [2.05, 4.69) is 39.6 Å². The molecule has 86 heavy (non-hydrogen) atoms. The number of hydrogen-bond donors (Lipinski definition) is 7. The van der Waals surface area contributed by atoms with Gasteiger partial charge >= 0.3 is 41.6 Å². The minimum atomic E-state index is -4.97. The molecule has 0 aliphatic rings. The number of halogens is 7. The molecule has 32 heteroatoms. The number of nitrogens with zero attached hydrogens (tertiary/aromatic N) is 4. The number of hydrogen-bond acceptors (Lipinski definition) is 19. The fraction of sp³-hybridized carbons (Fsp3) is 0.370. The topological polar surface area (TPSA) is 353 Å². The number of carboxylic acids is 1. The number of rotatable bonds is 15. The number of aromatic carboxylic acids is 1. The summed E-state index contributed by atoms with van der Waals surface area (Å²) in [5, 5.41) is 10.4. The number of aromatic amines is 2. The van der Waals surface area contributed by atoms with Crippen molar-refractivity contribution in [2.75, 3.05) is 30.0 Å². The Balaban J connectivity index is 0.000000309. The minimum absolute atomic E-state index is 0.00602. The molecule has 1 amide bonds. The molecule has 0 radical (unpaired) electrons. The second-order valence-electron chi connectivity index (χ2n) is 19.0. The van der Waals surface area contributed by atoms with E-state index in [9.17, 15) is 74.3 Å². The number of nitrogens with two attached hydrogens (primary N) is 2. The molecule has 7 rings (SSSR count). The van der Waals surface area contributed by atoms with Crippen LogP contribution in [0.15, 0.2) is 92.0 Å². The first-order chi connectivity index (χ1) is 40.0. The Morgan fingerprint density at radius 1 is 0.640 bits per heavy atom. The van der Waals surface area contributed by atoms with Crippen LogP contribution in [0.4, 0.5) is 42.3 Å². The highest BCUT2D eigenvalue weighted by Crippen LogP contribution is 2.38. The highest BCUT2D eigenvalue weighted by atomic mass is 35.5. The van der Waals surface area contributed by atoms with Gasteiger partial charge in [0.15, 0.2) is 27.4 Å². The number of fused-ring (bicyclic) bond motifs is 2. The van der Waals surface area contributed by atoms with Crippen LogP contribution in [0, 0.1) is 17.8 Å². The van der Waals surface area contributed by atoms with Crippen molar-refractivity contribution < 1.29 is 69.7 Å². The van der Waals surface area contributed by atoms with Crippen LogP contribution in [-0.4, -0.2) is 88.8 Å². The van der Waals surface area contributed by atoms with Gasteiger partial charge in [-0.05, 0) is 93.6 Å². The predicted octanol–water partition coefficient (Wildman–Crippen LogP) is 8.88. The van der Waals surface area contributed by atoms with Crippen LogP contribution < -0.4 is 44.1 Å². The molecule has 4 heterocycles. The second-order valence-corrected chi connectivity index (χ2v) is 21.2. The molecule has 9 N–H and O–H groups in total. The van der Waals surface area contributed by atoms with Crippen molar-refractivity contribution in [3.05, 3.63) is 141 Å². The quantitative estimate of drug-likeness (QED) is 0.0218.